The zero-order chi connectivity index (χ0) is 32.4. The zero-order valence-electron chi connectivity index (χ0n) is 22.6. The maximum Gasteiger partial charge on any atom is 0.490 e. The largest absolute Gasteiger partial charge is 0.490 e. The summed E-state index contributed by atoms with van der Waals surface area (Å²) >= 11 is 0. The van der Waals surface area contributed by atoms with Crippen molar-refractivity contribution in [3.63, 3.8) is 0 Å². The molecule has 2 aliphatic heterocycles. The van der Waals surface area contributed by atoms with E-state index in [0.29, 0.717) is 11.1 Å². The van der Waals surface area contributed by atoms with E-state index in [1.54, 1.807) is 12.1 Å². The van der Waals surface area contributed by atoms with Gasteiger partial charge in [-0.2, -0.15) is 26.3 Å². The maximum atomic E-state index is 14.6. The highest BCUT2D eigenvalue weighted by molar-refractivity contribution is 6.05. The van der Waals surface area contributed by atoms with Gasteiger partial charge in [-0.3, -0.25) is 4.79 Å². The minimum atomic E-state index is -5.08. The minimum absolute atomic E-state index is 0.299. The van der Waals surface area contributed by atoms with Gasteiger partial charge in [0, 0.05) is 29.9 Å². The van der Waals surface area contributed by atoms with Crippen molar-refractivity contribution < 1.29 is 55.3 Å². The molecule has 0 unspecified atom stereocenters. The lowest BCUT2D eigenvalue weighted by atomic mass is 9.97. The Morgan fingerprint density at radius 1 is 0.791 bits per heavy atom. The number of benzene rings is 2. The molecule has 5 N–H and O–H groups in total. The fourth-order valence-electron chi connectivity index (χ4n) is 3.87. The second-order valence-electron chi connectivity index (χ2n) is 9.15. The summed E-state index contributed by atoms with van der Waals surface area (Å²) in [6.45, 7) is 5.45. The zero-order valence-corrected chi connectivity index (χ0v) is 22.6. The van der Waals surface area contributed by atoms with Gasteiger partial charge < -0.3 is 26.2 Å². The molecule has 234 valence electrons. The Labute approximate surface area is 241 Å². The number of carbonyl (C=O) groups excluding carboxylic acids is 1. The number of alkyl halides is 6. The molecule has 15 heteroatoms. The monoisotopic (exact) mass is 619 g/mol. The second kappa shape index (κ2) is 15.3. The number of halogens is 7. The van der Waals surface area contributed by atoms with E-state index in [-0.39, 0.29) is 11.7 Å². The summed E-state index contributed by atoms with van der Waals surface area (Å²) < 4.78 is 78.1. The number of aliphatic carboxylic acids is 2. The molecule has 0 saturated heterocycles. The molecule has 0 spiro atoms. The summed E-state index contributed by atoms with van der Waals surface area (Å²) in [5.74, 6) is -6.16. The van der Waals surface area contributed by atoms with Gasteiger partial charge in [0.2, 0.25) is 0 Å². The quantitative estimate of drug-likeness (QED) is 0.290. The molecule has 0 aromatic heterocycles. The van der Waals surface area contributed by atoms with Crippen molar-refractivity contribution in [3.05, 3.63) is 76.6 Å². The number of rotatable bonds is 4. The van der Waals surface area contributed by atoms with Crippen LogP contribution in [0.4, 0.5) is 36.4 Å². The third kappa shape index (κ3) is 11.2. The third-order valence-corrected chi connectivity index (χ3v) is 6.04. The van der Waals surface area contributed by atoms with E-state index >= 15 is 0 Å². The fourth-order valence-corrected chi connectivity index (χ4v) is 3.87. The first-order chi connectivity index (χ1) is 20.0. The number of nitrogens with one attached hydrogen (secondary N) is 3. The standard InChI is InChI=1S/C24H26FN3O.2C2HF3O2/c1-16-14-19(17-6-10-26-11-7-17)3-5-23(16)28-24(29)20-2-4-21(22(25)15-20)18-8-12-27-13-9-18;2*3-2(4,5)1(6)7/h2-6,8,14-15,26-27H,7,9-13H2,1H3,(H,28,29);2*(H,6,7). The van der Waals surface area contributed by atoms with Crippen LogP contribution in [0.25, 0.3) is 11.1 Å². The average Bonchev–Trinajstić information content (AvgIpc) is 2.94. The van der Waals surface area contributed by atoms with E-state index in [1.807, 2.05) is 25.1 Å². The van der Waals surface area contributed by atoms with Gasteiger partial charge in [0.1, 0.15) is 5.82 Å². The van der Waals surface area contributed by atoms with Crippen molar-refractivity contribution in [1.29, 1.82) is 0 Å². The maximum absolute atomic E-state index is 14.6. The molecule has 2 aliphatic rings. The van der Waals surface area contributed by atoms with E-state index < -0.39 is 24.3 Å². The Morgan fingerprint density at radius 2 is 1.30 bits per heavy atom. The van der Waals surface area contributed by atoms with E-state index in [4.69, 9.17) is 19.8 Å². The van der Waals surface area contributed by atoms with E-state index in [1.165, 1.54) is 17.2 Å². The first-order valence-corrected chi connectivity index (χ1v) is 12.6. The fraction of sp³-hybridized carbons (Fsp3) is 0.321. The van der Waals surface area contributed by atoms with E-state index in [0.717, 1.165) is 55.8 Å². The van der Waals surface area contributed by atoms with Crippen molar-refractivity contribution in [2.24, 2.45) is 0 Å². The number of aryl methyl sites for hydroxylation is 1. The van der Waals surface area contributed by atoms with Crippen LogP contribution in [0.3, 0.4) is 0 Å². The molecular weight excluding hydrogens is 591 g/mol. The molecule has 43 heavy (non-hydrogen) atoms. The van der Waals surface area contributed by atoms with Crippen molar-refractivity contribution >= 4 is 34.7 Å². The predicted molar refractivity (Wildman–Crippen MR) is 144 cm³/mol. The number of carboxylic acids is 2. The van der Waals surface area contributed by atoms with Gasteiger partial charge in [0.25, 0.3) is 5.91 Å². The lowest BCUT2D eigenvalue weighted by Gasteiger charge is -2.17. The molecule has 2 heterocycles. The number of carboxylic acid groups (broad SMARTS) is 2. The van der Waals surface area contributed by atoms with Gasteiger partial charge >= 0.3 is 24.3 Å². The lowest BCUT2D eigenvalue weighted by molar-refractivity contribution is -0.193. The number of anilines is 1. The van der Waals surface area contributed by atoms with Gasteiger partial charge in [0.05, 0.1) is 0 Å². The Hall–Kier alpha value is -4.24. The van der Waals surface area contributed by atoms with Gasteiger partial charge in [-0.15, -0.1) is 0 Å². The molecule has 2 aromatic carbocycles. The van der Waals surface area contributed by atoms with Crippen LogP contribution >= 0.6 is 0 Å². The van der Waals surface area contributed by atoms with Gasteiger partial charge in [-0.1, -0.05) is 24.3 Å². The van der Waals surface area contributed by atoms with Crippen LogP contribution < -0.4 is 16.0 Å². The summed E-state index contributed by atoms with van der Waals surface area (Å²) in [4.78, 5) is 30.5. The molecule has 0 aliphatic carbocycles. The van der Waals surface area contributed by atoms with Crippen molar-refractivity contribution in [2.75, 3.05) is 31.5 Å². The minimum Gasteiger partial charge on any atom is -0.475 e. The smallest absolute Gasteiger partial charge is 0.475 e. The normalized spacial score (nSPS) is 15.0. The van der Waals surface area contributed by atoms with Crippen LogP contribution in [0.5, 0.6) is 0 Å². The van der Waals surface area contributed by atoms with Crippen LogP contribution in [0.1, 0.15) is 39.9 Å². The number of amides is 1. The highest BCUT2D eigenvalue weighted by Crippen LogP contribution is 2.26. The van der Waals surface area contributed by atoms with Crippen LogP contribution in [-0.4, -0.2) is 66.6 Å². The Bertz CT molecular complexity index is 1360. The van der Waals surface area contributed by atoms with Gasteiger partial charge in [-0.25, -0.2) is 14.0 Å². The summed E-state index contributed by atoms with van der Waals surface area (Å²) in [7, 11) is 0. The molecule has 4 rings (SSSR count). The van der Waals surface area contributed by atoms with Gasteiger partial charge in [-0.05, 0) is 79.4 Å². The summed E-state index contributed by atoms with van der Waals surface area (Å²) in [6.07, 6.45) is -4.16. The SMILES string of the molecule is Cc1cc(C2=CCNCC2)ccc1NC(=O)c1ccc(C2=CCNCC2)c(F)c1.O=C(O)C(F)(F)F.O=C(O)C(F)(F)F. The summed E-state index contributed by atoms with van der Waals surface area (Å²) in [6, 6.07) is 10.8. The highest BCUT2D eigenvalue weighted by Gasteiger charge is 2.38. The molecule has 0 bridgehead atoms. The topological polar surface area (TPSA) is 128 Å². The average molecular weight is 620 g/mol. The predicted octanol–water partition coefficient (Wildman–Crippen LogP) is 5.41. The van der Waals surface area contributed by atoms with E-state index in [9.17, 15) is 35.5 Å². The van der Waals surface area contributed by atoms with Crippen LogP contribution in [0.2, 0.25) is 0 Å². The van der Waals surface area contributed by atoms with Crippen molar-refractivity contribution in [1.82, 2.24) is 10.6 Å². The number of hydrogen-bond donors (Lipinski definition) is 5. The second-order valence-corrected chi connectivity index (χ2v) is 9.15. The van der Waals surface area contributed by atoms with Crippen LogP contribution in [0.15, 0.2) is 48.6 Å². The molecule has 2 aromatic rings. The van der Waals surface area contributed by atoms with Crippen molar-refractivity contribution in [2.45, 2.75) is 32.1 Å². The lowest BCUT2D eigenvalue weighted by Crippen LogP contribution is -2.21. The number of hydrogen-bond acceptors (Lipinski definition) is 5. The first-order valence-electron chi connectivity index (χ1n) is 12.6. The molecule has 0 fully saturated rings. The molecule has 0 radical (unpaired) electrons. The Morgan fingerprint density at radius 3 is 1.72 bits per heavy atom. The highest BCUT2D eigenvalue weighted by atomic mass is 19.4. The molecule has 1 amide bonds. The van der Waals surface area contributed by atoms with Crippen LogP contribution in [0, 0.1) is 12.7 Å². The Balaban J connectivity index is 0.000000384. The molecule has 0 atom stereocenters. The summed E-state index contributed by atoms with van der Waals surface area (Å²) in [5, 5.41) is 23.7. The Kier molecular flexibility index (Phi) is 12.4. The molecular formula is C28H28F7N3O5. The van der Waals surface area contributed by atoms with Crippen LogP contribution in [-0.2, 0) is 9.59 Å². The van der Waals surface area contributed by atoms with E-state index in [2.05, 4.69) is 28.1 Å². The molecule has 8 nitrogen and oxygen atoms in total. The first kappa shape index (κ1) is 35.0. The number of carbonyl (C=O) groups is 3. The third-order valence-electron chi connectivity index (χ3n) is 6.04. The van der Waals surface area contributed by atoms with Crippen molar-refractivity contribution in [3.8, 4) is 0 Å². The molecule has 0 saturated carbocycles. The van der Waals surface area contributed by atoms with Gasteiger partial charge in [0.15, 0.2) is 0 Å². The summed E-state index contributed by atoms with van der Waals surface area (Å²) in [5.41, 5.74) is 6.16.